The predicted molar refractivity (Wildman–Crippen MR) is 96.6 cm³/mol. The topological polar surface area (TPSA) is 49.7 Å². The van der Waals surface area contributed by atoms with Crippen molar-refractivity contribution in [2.75, 3.05) is 13.7 Å². The van der Waals surface area contributed by atoms with Crippen molar-refractivity contribution in [3.05, 3.63) is 35.0 Å². The highest BCUT2D eigenvalue weighted by atomic mass is 16.5. The van der Waals surface area contributed by atoms with Gasteiger partial charge in [0.1, 0.15) is 0 Å². The smallest absolute Gasteiger partial charge is 0.339 e. The summed E-state index contributed by atoms with van der Waals surface area (Å²) in [7, 11) is 1.66. The number of carbonyl (C=O) groups excluding carboxylic acids is 1. The number of fused-ring (bicyclic) bond motifs is 3. The van der Waals surface area contributed by atoms with Crippen LogP contribution >= 0.6 is 0 Å². The summed E-state index contributed by atoms with van der Waals surface area (Å²) in [6, 6.07) is 5.99. The van der Waals surface area contributed by atoms with Gasteiger partial charge in [0.25, 0.3) is 0 Å². The summed E-state index contributed by atoms with van der Waals surface area (Å²) >= 11 is 0. The molecule has 0 fully saturated rings. The van der Waals surface area contributed by atoms with Gasteiger partial charge in [-0.05, 0) is 57.9 Å². The van der Waals surface area contributed by atoms with E-state index in [9.17, 15) is 4.79 Å². The zero-order chi connectivity index (χ0) is 18.1. The molecule has 1 aliphatic rings. The standard InChI is InChI=1S/C20H25NO4/c1-6-24-20(22)15-10-17-16-11-19(25-12(2)3)18(23-5)9-14(16)7-8-21(17)13(15)4/h9-12H,6-8H2,1-5H3. The molecule has 5 heteroatoms. The third kappa shape index (κ3) is 3.11. The van der Waals surface area contributed by atoms with Gasteiger partial charge in [-0.2, -0.15) is 0 Å². The summed E-state index contributed by atoms with van der Waals surface area (Å²) in [5.41, 5.74) is 4.89. The van der Waals surface area contributed by atoms with E-state index in [2.05, 4.69) is 4.57 Å². The number of aryl methyl sites for hydroxylation is 1. The van der Waals surface area contributed by atoms with Crippen LogP contribution in [0.2, 0.25) is 0 Å². The number of hydrogen-bond acceptors (Lipinski definition) is 4. The Balaban J connectivity index is 2.11. The van der Waals surface area contributed by atoms with Gasteiger partial charge in [-0.25, -0.2) is 4.79 Å². The van der Waals surface area contributed by atoms with Gasteiger partial charge in [-0.15, -0.1) is 0 Å². The lowest BCUT2D eigenvalue weighted by molar-refractivity contribution is 0.0525. The van der Waals surface area contributed by atoms with Crippen LogP contribution in [0.15, 0.2) is 18.2 Å². The van der Waals surface area contributed by atoms with Crippen LogP contribution in [0.5, 0.6) is 11.5 Å². The van der Waals surface area contributed by atoms with E-state index in [0.717, 1.165) is 41.4 Å². The molecule has 0 radical (unpaired) electrons. The number of nitrogens with zero attached hydrogens (tertiary/aromatic N) is 1. The quantitative estimate of drug-likeness (QED) is 0.770. The Morgan fingerprint density at radius 1 is 1.24 bits per heavy atom. The molecule has 0 unspecified atom stereocenters. The summed E-state index contributed by atoms with van der Waals surface area (Å²) in [6.45, 7) is 8.98. The van der Waals surface area contributed by atoms with E-state index in [0.29, 0.717) is 12.2 Å². The van der Waals surface area contributed by atoms with Crippen molar-refractivity contribution < 1.29 is 19.0 Å². The van der Waals surface area contributed by atoms with Gasteiger partial charge in [0.15, 0.2) is 11.5 Å². The minimum Gasteiger partial charge on any atom is -0.493 e. The first-order valence-electron chi connectivity index (χ1n) is 8.71. The van der Waals surface area contributed by atoms with E-state index >= 15 is 0 Å². The predicted octanol–water partition coefficient (Wildman–Crippen LogP) is 3.99. The van der Waals surface area contributed by atoms with Gasteiger partial charge in [0, 0.05) is 23.5 Å². The molecule has 0 aliphatic carbocycles. The van der Waals surface area contributed by atoms with Gasteiger partial charge in [-0.1, -0.05) is 0 Å². The highest BCUT2D eigenvalue weighted by molar-refractivity contribution is 5.93. The number of aromatic nitrogens is 1. The van der Waals surface area contributed by atoms with Crippen molar-refractivity contribution in [2.24, 2.45) is 0 Å². The number of ether oxygens (including phenoxy) is 3. The Labute approximate surface area is 148 Å². The lowest BCUT2D eigenvalue weighted by atomic mass is 9.97. The minimum atomic E-state index is -0.268. The normalized spacial score (nSPS) is 12.6. The molecule has 0 spiro atoms. The Kier molecular flexibility index (Phi) is 4.75. The maximum absolute atomic E-state index is 12.2. The van der Waals surface area contributed by atoms with Crippen LogP contribution in [0.1, 0.15) is 42.4 Å². The summed E-state index contributed by atoms with van der Waals surface area (Å²) in [4.78, 5) is 12.2. The Bertz CT molecular complexity index is 805. The molecule has 2 heterocycles. The van der Waals surface area contributed by atoms with Crippen molar-refractivity contribution in [1.29, 1.82) is 0 Å². The monoisotopic (exact) mass is 343 g/mol. The van der Waals surface area contributed by atoms with Gasteiger partial charge in [-0.3, -0.25) is 0 Å². The molecular weight excluding hydrogens is 318 g/mol. The molecule has 0 bridgehead atoms. The van der Waals surface area contributed by atoms with Crippen LogP contribution in [0.4, 0.5) is 0 Å². The van der Waals surface area contributed by atoms with Crippen molar-refractivity contribution >= 4 is 5.97 Å². The van der Waals surface area contributed by atoms with E-state index in [1.807, 2.05) is 45.9 Å². The molecule has 1 aromatic carbocycles. The molecule has 134 valence electrons. The highest BCUT2D eigenvalue weighted by Gasteiger charge is 2.25. The number of esters is 1. The Morgan fingerprint density at radius 3 is 2.64 bits per heavy atom. The molecule has 5 nitrogen and oxygen atoms in total. The summed E-state index contributed by atoms with van der Waals surface area (Å²) < 4.78 is 18.8. The fourth-order valence-corrected chi connectivity index (χ4v) is 3.36. The summed E-state index contributed by atoms with van der Waals surface area (Å²) in [6.07, 6.45) is 0.942. The number of rotatable bonds is 5. The van der Waals surface area contributed by atoms with Crippen LogP contribution in [0.3, 0.4) is 0 Å². The Hall–Kier alpha value is -2.43. The molecule has 1 aromatic heterocycles. The molecule has 2 aromatic rings. The fourth-order valence-electron chi connectivity index (χ4n) is 3.36. The van der Waals surface area contributed by atoms with E-state index < -0.39 is 0 Å². The van der Waals surface area contributed by atoms with Crippen LogP contribution in [0.25, 0.3) is 11.3 Å². The van der Waals surface area contributed by atoms with Crippen molar-refractivity contribution in [3.8, 4) is 22.8 Å². The maximum Gasteiger partial charge on any atom is 0.339 e. The highest BCUT2D eigenvalue weighted by Crippen LogP contribution is 2.40. The van der Waals surface area contributed by atoms with Gasteiger partial charge in [0.2, 0.25) is 0 Å². The van der Waals surface area contributed by atoms with Crippen LogP contribution < -0.4 is 9.47 Å². The van der Waals surface area contributed by atoms with Gasteiger partial charge in [0.05, 0.1) is 25.4 Å². The molecule has 25 heavy (non-hydrogen) atoms. The average Bonchev–Trinajstić information content (AvgIpc) is 2.91. The second kappa shape index (κ2) is 6.82. The third-order valence-electron chi connectivity index (χ3n) is 4.49. The zero-order valence-electron chi connectivity index (χ0n) is 15.5. The first-order valence-corrected chi connectivity index (χ1v) is 8.71. The summed E-state index contributed by atoms with van der Waals surface area (Å²) in [5, 5.41) is 0. The molecule has 0 amide bonds. The molecular formula is C20H25NO4. The number of methoxy groups -OCH3 is 1. The average molecular weight is 343 g/mol. The number of carbonyl (C=O) groups is 1. The van der Waals surface area contributed by atoms with E-state index in [4.69, 9.17) is 14.2 Å². The first kappa shape index (κ1) is 17.4. The van der Waals surface area contributed by atoms with Gasteiger partial charge >= 0.3 is 5.97 Å². The molecule has 3 rings (SSSR count). The SMILES string of the molecule is CCOC(=O)c1cc2n(c1C)CCc1cc(OC)c(OC(C)C)cc1-2. The van der Waals surface area contributed by atoms with Crippen LogP contribution in [-0.2, 0) is 17.7 Å². The largest absolute Gasteiger partial charge is 0.493 e. The fraction of sp³-hybridized carbons (Fsp3) is 0.450. The van der Waals surface area contributed by atoms with Crippen molar-refractivity contribution in [3.63, 3.8) is 0 Å². The number of hydrogen-bond donors (Lipinski definition) is 0. The second-order valence-electron chi connectivity index (χ2n) is 6.48. The van der Waals surface area contributed by atoms with Crippen molar-refractivity contribution in [1.82, 2.24) is 4.57 Å². The lowest BCUT2D eigenvalue weighted by Gasteiger charge is -2.23. The molecule has 0 saturated carbocycles. The van der Waals surface area contributed by atoms with E-state index in [1.165, 1.54) is 5.56 Å². The third-order valence-corrected chi connectivity index (χ3v) is 4.49. The lowest BCUT2D eigenvalue weighted by Crippen LogP contribution is -2.14. The molecule has 1 aliphatic heterocycles. The first-order chi connectivity index (χ1) is 12.0. The van der Waals surface area contributed by atoms with Crippen LogP contribution in [0, 0.1) is 6.92 Å². The second-order valence-corrected chi connectivity index (χ2v) is 6.48. The number of benzene rings is 1. The van der Waals surface area contributed by atoms with E-state index in [-0.39, 0.29) is 12.1 Å². The molecule has 0 atom stereocenters. The molecule has 0 N–H and O–H groups in total. The van der Waals surface area contributed by atoms with Crippen LogP contribution in [-0.4, -0.2) is 30.4 Å². The van der Waals surface area contributed by atoms with E-state index in [1.54, 1.807) is 7.11 Å². The van der Waals surface area contributed by atoms with Gasteiger partial charge < -0.3 is 18.8 Å². The maximum atomic E-state index is 12.2. The Morgan fingerprint density at radius 2 is 2.00 bits per heavy atom. The summed E-state index contributed by atoms with van der Waals surface area (Å²) in [5.74, 6) is 1.20. The van der Waals surface area contributed by atoms with Crippen molar-refractivity contribution in [2.45, 2.75) is 46.8 Å². The zero-order valence-corrected chi connectivity index (χ0v) is 15.5. The minimum absolute atomic E-state index is 0.0548. The molecule has 0 saturated heterocycles.